The Kier molecular flexibility index (Phi) is 4.03. The molecule has 0 saturated carbocycles. The Balaban J connectivity index is 2.90. The van der Waals surface area contributed by atoms with Crippen molar-refractivity contribution in [3.63, 3.8) is 0 Å². The van der Waals surface area contributed by atoms with E-state index in [9.17, 15) is 9.59 Å². The molecule has 0 aliphatic rings. The van der Waals surface area contributed by atoms with E-state index in [4.69, 9.17) is 10.2 Å². The Morgan fingerprint density at radius 1 is 1.29 bits per heavy atom. The van der Waals surface area contributed by atoms with E-state index in [1.54, 1.807) is 13.8 Å². The number of carboxylic acids is 2. The molecule has 0 aromatic carbocycles. The van der Waals surface area contributed by atoms with E-state index in [0.717, 1.165) is 0 Å². The van der Waals surface area contributed by atoms with E-state index in [-0.39, 0.29) is 17.4 Å². The van der Waals surface area contributed by atoms with Crippen LogP contribution in [-0.4, -0.2) is 33.2 Å². The summed E-state index contributed by atoms with van der Waals surface area (Å²) in [7, 11) is 0. The molecule has 0 aliphatic carbocycles. The topological polar surface area (TPSA) is 99.5 Å². The van der Waals surface area contributed by atoms with Crippen LogP contribution in [0.5, 0.6) is 0 Å². The third-order valence-electron chi connectivity index (χ3n) is 2.20. The normalized spacial score (nSPS) is 12.2. The van der Waals surface area contributed by atoms with Crippen molar-refractivity contribution in [1.29, 1.82) is 0 Å². The molecule has 1 atom stereocenters. The minimum atomic E-state index is -1.15. The first-order valence-corrected chi connectivity index (χ1v) is 5.11. The van der Waals surface area contributed by atoms with Gasteiger partial charge in [0.15, 0.2) is 5.69 Å². The lowest BCUT2D eigenvalue weighted by atomic mass is 10.1. The highest BCUT2D eigenvalue weighted by Crippen LogP contribution is 2.11. The van der Waals surface area contributed by atoms with Crippen LogP contribution in [0.25, 0.3) is 0 Å². The van der Waals surface area contributed by atoms with Crippen LogP contribution in [0.2, 0.25) is 0 Å². The number of aromatic nitrogens is 1. The second-order valence-corrected chi connectivity index (χ2v) is 3.92. The molecule has 0 spiro atoms. The van der Waals surface area contributed by atoms with Gasteiger partial charge in [-0.1, -0.05) is 19.9 Å². The maximum Gasteiger partial charge on any atom is 0.354 e. The maximum absolute atomic E-state index is 11.0. The molecule has 17 heavy (non-hydrogen) atoms. The highest BCUT2D eigenvalue weighted by molar-refractivity contribution is 5.86. The van der Waals surface area contributed by atoms with Gasteiger partial charge in [0, 0.05) is 0 Å². The second kappa shape index (κ2) is 5.29. The van der Waals surface area contributed by atoms with Gasteiger partial charge in [0.05, 0.1) is 0 Å². The zero-order chi connectivity index (χ0) is 13.0. The van der Waals surface area contributed by atoms with Crippen molar-refractivity contribution in [2.45, 2.75) is 19.9 Å². The summed E-state index contributed by atoms with van der Waals surface area (Å²) < 4.78 is 0. The van der Waals surface area contributed by atoms with E-state index in [2.05, 4.69) is 10.3 Å². The number of anilines is 1. The monoisotopic (exact) mass is 238 g/mol. The van der Waals surface area contributed by atoms with Crippen LogP contribution in [0.1, 0.15) is 24.3 Å². The molecule has 0 aliphatic heterocycles. The lowest BCUT2D eigenvalue weighted by molar-refractivity contribution is -0.138. The fraction of sp³-hybridized carbons (Fsp3) is 0.364. The summed E-state index contributed by atoms with van der Waals surface area (Å²) >= 11 is 0. The number of aliphatic carboxylic acids is 1. The van der Waals surface area contributed by atoms with Crippen molar-refractivity contribution in [3.05, 3.63) is 23.9 Å². The first-order chi connectivity index (χ1) is 7.91. The van der Waals surface area contributed by atoms with Gasteiger partial charge in [-0.15, -0.1) is 0 Å². The SMILES string of the molecule is CC(C)[C@@H](Nc1cccc(C(=O)O)n1)C(=O)O. The summed E-state index contributed by atoms with van der Waals surface area (Å²) in [6.45, 7) is 3.51. The third-order valence-corrected chi connectivity index (χ3v) is 2.20. The van der Waals surface area contributed by atoms with Crippen molar-refractivity contribution in [3.8, 4) is 0 Å². The van der Waals surface area contributed by atoms with Gasteiger partial charge in [0.25, 0.3) is 0 Å². The first kappa shape index (κ1) is 13.0. The fourth-order valence-corrected chi connectivity index (χ4v) is 1.31. The minimum Gasteiger partial charge on any atom is -0.480 e. The molecular weight excluding hydrogens is 224 g/mol. The quantitative estimate of drug-likeness (QED) is 0.715. The summed E-state index contributed by atoms with van der Waals surface area (Å²) in [5.41, 5.74) is -0.122. The lowest BCUT2D eigenvalue weighted by Gasteiger charge is -2.18. The molecule has 0 saturated heterocycles. The average Bonchev–Trinajstić information content (AvgIpc) is 2.25. The molecule has 1 rings (SSSR count). The number of hydrogen-bond acceptors (Lipinski definition) is 4. The molecule has 0 radical (unpaired) electrons. The summed E-state index contributed by atoms with van der Waals surface area (Å²) in [5.74, 6) is -2.04. The summed E-state index contributed by atoms with van der Waals surface area (Å²) in [6, 6.07) is 3.59. The first-order valence-electron chi connectivity index (χ1n) is 5.11. The molecule has 92 valence electrons. The predicted molar refractivity (Wildman–Crippen MR) is 61.1 cm³/mol. The average molecular weight is 238 g/mol. The minimum absolute atomic E-state index is 0.122. The van der Waals surface area contributed by atoms with Gasteiger partial charge < -0.3 is 15.5 Å². The van der Waals surface area contributed by atoms with Crippen LogP contribution in [0.4, 0.5) is 5.82 Å². The maximum atomic E-state index is 11.0. The van der Waals surface area contributed by atoms with E-state index >= 15 is 0 Å². The molecule has 0 amide bonds. The van der Waals surface area contributed by atoms with Crippen molar-refractivity contribution < 1.29 is 19.8 Å². The van der Waals surface area contributed by atoms with E-state index in [1.165, 1.54) is 18.2 Å². The molecule has 1 heterocycles. The molecule has 0 unspecified atom stereocenters. The van der Waals surface area contributed by atoms with Crippen LogP contribution < -0.4 is 5.32 Å². The van der Waals surface area contributed by atoms with Gasteiger partial charge in [-0.05, 0) is 18.1 Å². The van der Waals surface area contributed by atoms with Gasteiger partial charge in [-0.2, -0.15) is 0 Å². The Bertz CT molecular complexity index is 431. The molecule has 6 heteroatoms. The molecule has 0 fully saturated rings. The number of carbonyl (C=O) groups is 2. The molecule has 6 nitrogen and oxygen atoms in total. The molecule has 1 aromatic heterocycles. The number of hydrogen-bond donors (Lipinski definition) is 3. The highest BCUT2D eigenvalue weighted by atomic mass is 16.4. The highest BCUT2D eigenvalue weighted by Gasteiger charge is 2.21. The van der Waals surface area contributed by atoms with Crippen LogP contribution in [0.15, 0.2) is 18.2 Å². The van der Waals surface area contributed by atoms with Gasteiger partial charge in [-0.3, -0.25) is 0 Å². The standard InChI is InChI=1S/C11H14N2O4/c1-6(2)9(11(16)17)13-8-5-3-4-7(12-8)10(14)15/h3-6,9H,1-2H3,(H,12,13)(H,14,15)(H,16,17)/t9-/m1/s1. The molecule has 1 aromatic rings. The van der Waals surface area contributed by atoms with E-state index in [0.29, 0.717) is 0 Å². The van der Waals surface area contributed by atoms with Crippen molar-refractivity contribution in [2.75, 3.05) is 5.32 Å². The summed E-state index contributed by atoms with van der Waals surface area (Å²) in [5, 5.41) is 20.4. The third kappa shape index (κ3) is 3.44. The van der Waals surface area contributed by atoms with Gasteiger partial charge in [0.2, 0.25) is 0 Å². The van der Waals surface area contributed by atoms with E-state index < -0.39 is 18.0 Å². The van der Waals surface area contributed by atoms with Gasteiger partial charge in [0.1, 0.15) is 11.9 Å². The smallest absolute Gasteiger partial charge is 0.354 e. The van der Waals surface area contributed by atoms with Crippen molar-refractivity contribution >= 4 is 17.8 Å². The summed E-state index contributed by atoms with van der Waals surface area (Å²) in [4.78, 5) is 25.5. The van der Waals surface area contributed by atoms with Crippen LogP contribution in [0.3, 0.4) is 0 Å². The van der Waals surface area contributed by atoms with Gasteiger partial charge >= 0.3 is 11.9 Å². The molecular formula is C11H14N2O4. The summed E-state index contributed by atoms with van der Waals surface area (Å²) in [6.07, 6.45) is 0. The van der Waals surface area contributed by atoms with Gasteiger partial charge in [-0.25, -0.2) is 14.6 Å². The second-order valence-electron chi connectivity index (χ2n) is 3.92. The Morgan fingerprint density at radius 3 is 2.41 bits per heavy atom. The Hall–Kier alpha value is -2.11. The van der Waals surface area contributed by atoms with Crippen molar-refractivity contribution in [2.24, 2.45) is 5.92 Å². The number of rotatable bonds is 5. The Labute approximate surface area is 98.3 Å². The predicted octanol–water partition coefficient (Wildman–Crippen LogP) is 1.30. The number of nitrogens with zero attached hydrogens (tertiary/aromatic N) is 1. The van der Waals surface area contributed by atoms with Crippen molar-refractivity contribution in [1.82, 2.24) is 4.98 Å². The van der Waals surface area contributed by atoms with E-state index in [1.807, 2.05) is 0 Å². The molecule has 0 bridgehead atoms. The Morgan fingerprint density at radius 2 is 1.94 bits per heavy atom. The zero-order valence-electron chi connectivity index (χ0n) is 9.54. The zero-order valence-corrected chi connectivity index (χ0v) is 9.54. The molecule has 3 N–H and O–H groups in total. The van der Waals surface area contributed by atoms with Crippen LogP contribution in [0, 0.1) is 5.92 Å². The number of pyridine rings is 1. The van der Waals surface area contributed by atoms with Crippen LogP contribution >= 0.6 is 0 Å². The number of aromatic carboxylic acids is 1. The largest absolute Gasteiger partial charge is 0.480 e. The number of nitrogens with one attached hydrogen (secondary N) is 1. The fourth-order valence-electron chi connectivity index (χ4n) is 1.31. The lowest BCUT2D eigenvalue weighted by Crippen LogP contribution is -2.34. The number of carboxylic acid groups (broad SMARTS) is 2. The van der Waals surface area contributed by atoms with Crippen LogP contribution in [-0.2, 0) is 4.79 Å².